The predicted octanol–water partition coefficient (Wildman–Crippen LogP) is 2.38. The number of carbonyl (C=O) groups is 1. The highest BCUT2D eigenvalue weighted by atomic mass is 16.5. The van der Waals surface area contributed by atoms with E-state index in [2.05, 4.69) is 16.3 Å². The summed E-state index contributed by atoms with van der Waals surface area (Å²) in [6, 6.07) is 12.2. The topological polar surface area (TPSA) is 96.7 Å². The van der Waals surface area contributed by atoms with Gasteiger partial charge in [0.1, 0.15) is 17.5 Å². The van der Waals surface area contributed by atoms with E-state index < -0.39 is 5.60 Å². The van der Waals surface area contributed by atoms with E-state index in [9.17, 15) is 10.1 Å². The maximum Gasteiger partial charge on any atom is 0.258 e. The van der Waals surface area contributed by atoms with E-state index in [1.54, 1.807) is 0 Å². The largest absolute Gasteiger partial charge is 0.467 e. The van der Waals surface area contributed by atoms with Gasteiger partial charge in [0.05, 0.1) is 25.4 Å². The van der Waals surface area contributed by atoms with E-state index in [0.29, 0.717) is 51.4 Å². The normalized spacial score (nSPS) is 17.1. The van der Waals surface area contributed by atoms with Crippen molar-refractivity contribution in [2.45, 2.75) is 38.9 Å². The molecule has 4 rings (SSSR count). The van der Waals surface area contributed by atoms with Gasteiger partial charge < -0.3 is 24.4 Å². The van der Waals surface area contributed by atoms with Gasteiger partial charge in [-0.2, -0.15) is 10.2 Å². The highest BCUT2D eigenvalue weighted by Gasteiger charge is 2.34. The van der Waals surface area contributed by atoms with Crippen LogP contribution in [0.2, 0.25) is 0 Å². The molecule has 8 nitrogen and oxygen atoms in total. The first-order valence-corrected chi connectivity index (χ1v) is 11.3. The van der Waals surface area contributed by atoms with Gasteiger partial charge in [-0.15, -0.1) is 0 Å². The maximum absolute atomic E-state index is 12.4. The van der Waals surface area contributed by atoms with Crippen LogP contribution >= 0.6 is 0 Å². The predicted molar refractivity (Wildman–Crippen MR) is 123 cm³/mol. The van der Waals surface area contributed by atoms with Gasteiger partial charge in [0.2, 0.25) is 5.88 Å². The number of nitriles is 1. The van der Waals surface area contributed by atoms with Gasteiger partial charge in [-0.05, 0) is 31.4 Å². The number of nitrogens with one attached hydrogen (secondary N) is 1. The molecular weight excluding hydrogens is 420 g/mol. The van der Waals surface area contributed by atoms with Gasteiger partial charge >= 0.3 is 0 Å². The number of benzene rings is 1. The van der Waals surface area contributed by atoms with Crippen LogP contribution in [0.5, 0.6) is 5.88 Å². The Morgan fingerprint density at radius 3 is 2.73 bits per heavy atom. The van der Waals surface area contributed by atoms with Crippen molar-refractivity contribution < 1.29 is 19.0 Å². The molecule has 3 heterocycles. The molecular formula is C25H30N4O4. The fourth-order valence-electron chi connectivity index (χ4n) is 4.16. The summed E-state index contributed by atoms with van der Waals surface area (Å²) in [5.74, 6) is 0.710. The number of hydrogen-bond donors (Lipinski definition) is 1. The molecule has 0 atom stereocenters. The summed E-state index contributed by atoms with van der Waals surface area (Å²) in [4.78, 5) is 19.2. The second-order valence-electron chi connectivity index (χ2n) is 8.88. The van der Waals surface area contributed by atoms with Gasteiger partial charge in [-0.25, -0.2) is 0 Å². The zero-order valence-electron chi connectivity index (χ0n) is 19.2. The average molecular weight is 451 g/mol. The zero-order chi connectivity index (χ0) is 23.3. The lowest BCUT2D eigenvalue weighted by molar-refractivity contribution is -0.123. The van der Waals surface area contributed by atoms with E-state index in [4.69, 9.17) is 19.2 Å². The van der Waals surface area contributed by atoms with E-state index in [0.717, 1.165) is 28.9 Å². The average Bonchev–Trinajstić information content (AvgIpc) is 2.82. The number of pyridine rings is 1. The molecule has 33 heavy (non-hydrogen) atoms. The fourth-order valence-corrected chi connectivity index (χ4v) is 4.16. The molecule has 1 aromatic heterocycles. The monoisotopic (exact) mass is 450 g/mol. The van der Waals surface area contributed by atoms with Crippen LogP contribution in [0.3, 0.4) is 0 Å². The highest BCUT2D eigenvalue weighted by molar-refractivity contribution is 5.77. The minimum absolute atomic E-state index is 0.197. The summed E-state index contributed by atoms with van der Waals surface area (Å²) in [5.41, 5.74) is 2.96. The number of ether oxygens (including phenoxy) is 3. The van der Waals surface area contributed by atoms with Gasteiger partial charge in [-0.3, -0.25) is 4.79 Å². The lowest BCUT2D eigenvalue weighted by atomic mass is 9.89. The summed E-state index contributed by atoms with van der Waals surface area (Å²) in [7, 11) is 0. The third-order valence-electron chi connectivity index (χ3n) is 5.91. The smallest absolute Gasteiger partial charge is 0.258 e. The molecule has 0 unspecified atom stereocenters. The van der Waals surface area contributed by atoms with Crippen LogP contribution in [0.4, 0.5) is 5.82 Å². The Balaban J connectivity index is 1.50. The van der Waals surface area contributed by atoms with Gasteiger partial charge in [0.25, 0.3) is 5.91 Å². The minimum Gasteiger partial charge on any atom is -0.467 e. The van der Waals surface area contributed by atoms with E-state index in [1.165, 1.54) is 0 Å². The first kappa shape index (κ1) is 23.0. The molecule has 8 heteroatoms. The number of amides is 1. The Labute approximate surface area is 194 Å². The Kier molecular flexibility index (Phi) is 7.11. The van der Waals surface area contributed by atoms with Gasteiger partial charge in [-0.1, -0.05) is 30.3 Å². The second kappa shape index (κ2) is 10.2. The molecule has 174 valence electrons. The number of rotatable bonds is 7. The SMILES string of the molecule is CC1(C)Cc2c(C#N)c(OCC(=O)NCCc3ccccc3)nc(N3CCOCC3)c2CO1. The molecule has 0 aliphatic carbocycles. The Hall–Kier alpha value is -3.15. The Morgan fingerprint density at radius 1 is 1.24 bits per heavy atom. The quantitative estimate of drug-likeness (QED) is 0.692. The van der Waals surface area contributed by atoms with Crippen molar-refractivity contribution in [2.75, 3.05) is 44.4 Å². The number of anilines is 1. The maximum atomic E-state index is 12.4. The summed E-state index contributed by atoms with van der Waals surface area (Å²) in [6.45, 7) is 7.35. The van der Waals surface area contributed by atoms with Crippen molar-refractivity contribution in [1.82, 2.24) is 10.3 Å². The molecule has 2 aliphatic heterocycles. The van der Waals surface area contributed by atoms with Crippen LogP contribution in [-0.2, 0) is 33.7 Å². The number of morpholine rings is 1. The molecule has 0 saturated carbocycles. The molecule has 0 bridgehead atoms. The van der Waals surface area contributed by atoms with Crippen LogP contribution in [0, 0.1) is 11.3 Å². The molecule has 2 aromatic rings. The van der Waals surface area contributed by atoms with Crippen LogP contribution < -0.4 is 15.0 Å². The highest BCUT2D eigenvalue weighted by Crippen LogP contribution is 2.38. The number of aromatic nitrogens is 1. The number of fused-ring (bicyclic) bond motifs is 1. The number of hydrogen-bond acceptors (Lipinski definition) is 7. The number of carbonyl (C=O) groups excluding carboxylic acids is 1. The summed E-state index contributed by atoms with van der Waals surface area (Å²) < 4.78 is 17.3. The Bertz CT molecular complexity index is 1030. The molecule has 0 radical (unpaired) electrons. The molecule has 1 saturated heterocycles. The Morgan fingerprint density at radius 2 is 2.00 bits per heavy atom. The zero-order valence-corrected chi connectivity index (χ0v) is 19.2. The molecule has 1 N–H and O–H groups in total. The summed E-state index contributed by atoms with van der Waals surface area (Å²) in [6.07, 6.45) is 1.31. The van der Waals surface area contributed by atoms with Gasteiger partial charge in [0.15, 0.2) is 6.61 Å². The van der Waals surface area contributed by atoms with E-state index in [1.807, 2.05) is 44.2 Å². The van der Waals surface area contributed by atoms with Crippen molar-refractivity contribution in [3.63, 3.8) is 0 Å². The lowest BCUT2D eigenvalue weighted by Gasteiger charge is -2.36. The molecule has 0 spiro atoms. The lowest BCUT2D eigenvalue weighted by Crippen LogP contribution is -2.40. The molecule has 1 aromatic carbocycles. The van der Waals surface area contributed by atoms with Crippen LogP contribution in [-0.4, -0.2) is 55.9 Å². The molecule has 2 aliphatic rings. The number of nitrogens with zero attached hydrogens (tertiary/aromatic N) is 3. The molecule has 1 amide bonds. The standard InChI is InChI=1S/C25H30N4O4/c1-25(2)14-19-20(15-26)24(28-23(21(19)16-33-25)29-10-12-31-13-11-29)32-17-22(30)27-9-8-18-6-4-3-5-7-18/h3-7H,8-14,16-17H2,1-2H3,(H,27,30). The second-order valence-corrected chi connectivity index (χ2v) is 8.88. The van der Waals surface area contributed by atoms with Gasteiger partial charge in [0, 0.05) is 31.6 Å². The first-order valence-electron chi connectivity index (χ1n) is 11.3. The van der Waals surface area contributed by atoms with Crippen LogP contribution in [0.1, 0.15) is 36.1 Å². The summed E-state index contributed by atoms with van der Waals surface area (Å²) >= 11 is 0. The van der Waals surface area contributed by atoms with Crippen LogP contribution in [0.15, 0.2) is 30.3 Å². The van der Waals surface area contributed by atoms with Crippen molar-refractivity contribution in [3.8, 4) is 11.9 Å². The van der Waals surface area contributed by atoms with Crippen LogP contribution in [0.25, 0.3) is 0 Å². The fraction of sp³-hybridized carbons (Fsp3) is 0.480. The van der Waals surface area contributed by atoms with Crippen molar-refractivity contribution in [2.24, 2.45) is 0 Å². The minimum atomic E-state index is -0.395. The third kappa shape index (κ3) is 5.62. The van der Waals surface area contributed by atoms with Crippen molar-refractivity contribution >= 4 is 11.7 Å². The van der Waals surface area contributed by atoms with Crippen molar-refractivity contribution in [3.05, 3.63) is 52.6 Å². The first-order chi connectivity index (χ1) is 16.0. The van der Waals surface area contributed by atoms with Crippen molar-refractivity contribution in [1.29, 1.82) is 5.26 Å². The van der Waals surface area contributed by atoms with E-state index in [-0.39, 0.29) is 18.4 Å². The molecule has 1 fully saturated rings. The van der Waals surface area contributed by atoms with E-state index >= 15 is 0 Å². The summed E-state index contributed by atoms with van der Waals surface area (Å²) in [5, 5.41) is 12.8. The third-order valence-corrected chi connectivity index (χ3v) is 5.91.